The lowest BCUT2D eigenvalue weighted by molar-refractivity contribution is 0.419. The van der Waals surface area contributed by atoms with Gasteiger partial charge in [0.25, 0.3) is 0 Å². The molecule has 8 bridgehead atoms. The van der Waals surface area contributed by atoms with Crippen molar-refractivity contribution in [2.45, 2.75) is 27.7 Å². The van der Waals surface area contributed by atoms with Gasteiger partial charge < -0.3 is 28.9 Å². The molecular weight excluding hydrogens is 1130 g/mol. The second-order valence-electron chi connectivity index (χ2n) is 24.4. The van der Waals surface area contributed by atoms with E-state index in [-0.39, 0.29) is 0 Å². The van der Waals surface area contributed by atoms with E-state index in [0.29, 0.717) is 0 Å². The van der Waals surface area contributed by atoms with Gasteiger partial charge in [-0.05, 0) is 167 Å². The number of aromatic amines is 2. The van der Waals surface area contributed by atoms with Gasteiger partial charge in [0, 0.05) is 87.6 Å². The molecule has 14 aromatic rings. The van der Waals surface area contributed by atoms with Crippen molar-refractivity contribution >= 4 is 86.7 Å². The maximum Gasteiger partial charge on any atom is 0.126 e. The van der Waals surface area contributed by atoms with Crippen LogP contribution in [-0.4, -0.2) is 48.4 Å². The predicted octanol–water partition coefficient (Wildman–Crippen LogP) is 21.8. The summed E-state index contributed by atoms with van der Waals surface area (Å²) >= 11 is 0. The largest absolute Gasteiger partial charge is 0.496 e. The highest BCUT2D eigenvalue weighted by Crippen LogP contribution is 2.55. The van der Waals surface area contributed by atoms with Crippen molar-refractivity contribution in [2.75, 3.05) is 28.4 Å². The molecule has 0 spiro atoms. The monoisotopic (exact) mass is 1190 g/mol. The number of nitrogens with zero attached hydrogens (tertiary/aromatic N) is 2. The fourth-order valence-electron chi connectivity index (χ4n) is 14.9. The summed E-state index contributed by atoms with van der Waals surface area (Å²) in [7, 11) is 7.04. The molecule has 0 saturated heterocycles. The standard InChI is InChI=1S/C84H62N4O4/c1-45-29-33-69(89-5)57-41-65-61(37-53(45)57)77-73(49-21-13-9-14-22-49)78-62-38-54-46(2)30-34-70(90-6)58(54)42-66(62)82(86-78)75(51-25-17-11-18-26-51)80-64-40-56-48(4)32-36-72(92-8)60(56)44-68(64)84(88-80)76(52-27-19-12-20-28-52)83-67-43-59-55(47(3)31-35-71(59)91-7)39-63(67)79(87-83)74(81(65)85-77)50-23-15-10-16-24-50/h9-44,85,88H,1-8H3. The highest BCUT2D eigenvalue weighted by Gasteiger charge is 2.32. The smallest absolute Gasteiger partial charge is 0.126 e. The van der Waals surface area contributed by atoms with Crippen LogP contribution in [-0.2, 0) is 0 Å². The van der Waals surface area contributed by atoms with Gasteiger partial charge in [0.05, 0.1) is 73.3 Å². The Morgan fingerprint density at radius 3 is 0.707 bits per heavy atom. The number of aryl methyl sites for hydroxylation is 4. The molecule has 1 aliphatic carbocycles. The SMILES string of the molecule is COc1ccc(C)c2cc3c(cc12)-c1nc-3c(-c2ccccc2)c2[nH]c(c(-c3ccccc3)c3nc(c(-c4ccccc4)c4[nH]c(c1-c1ccccc1)c1cc5c(C)ccc(OC)c5cc41)-c1cc4c(OC)ccc(C)c4cc1-3)c1cc3c(OC)ccc(C)c3cc21. The van der Waals surface area contributed by atoms with E-state index in [4.69, 9.17) is 28.9 Å². The molecule has 0 amide bonds. The molecule has 17 rings (SSSR count). The number of nitrogens with one attached hydrogen (secondary N) is 2. The second kappa shape index (κ2) is 21.1. The summed E-state index contributed by atoms with van der Waals surface area (Å²) in [5, 5.41) is 12.4. The Hall–Kier alpha value is -11.5. The van der Waals surface area contributed by atoms with Gasteiger partial charge in [0.15, 0.2) is 0 Å². The summed E-state index contributed by atoms with van der Waals surface area (Å²) in [6.45, 7) is 8.74. The Kier molecular flexibility index (Phi) is 12.5. The van der Waals surface area contributed by atoms with Gasteiger partial charge in [-0.2, -0.15) is 0 Å². The average Bonchev–Trinajstić information content (AvgIpc) is 1.55. The fourth-order valence-corrected chi connectivity index (χ4v) is 14.9. The zero-order chi connectivity index (χ0) is 62.2. The van der Waals surface area contributed by atoms with Gasteiger partial charge in [-0.1, -0.05) is 146 Å². The molecule has 4 heterocycles. The summed E-state index contributed by atoms with van der Waals surface area (Å²) in [4.78, 5) is 21.2. The van der Waals surface area contributed by atoms with E-state index in [0.717, 1.165) is 221 Å². The Labute approximate surface area is 532 Å². The third-order valence-electron chi connectivity index (χ3n) is 19.5. The second-order valence-corrected chi connectivity index (χ2v) is 24.4. The maximum absolute atomic E-state index is 6.29. The Bertz CT molecular complexity index is 5830. The molecule has 3 aliphatic rings. The van der Waals surface area contributed by atoms with Crippen molar-refractivity contribution < 1.29 is 18.9 Å². The number of hydrogen-bond donors (Lipinski definition) is 2. The zero-order valence-electron chi connectivity index (χ0n) is 52.3. The molecule has 0 saturated carbocycles. The first-order valence-electron chi connectivity index (χ1n) is 31.2. The first-order valence-corrected chi connectivity index (χ1v) is 31.2. The molecule has 12 aromatic carbocycles. The van der Waals surface area contributed by atoms with Gasteiger partial charge >= 0.3 is 0 Å². The molecule has 8 heteroatoms. The average molecular weight is 1190 g/mol. The fraction of sp³-hybridized carbons (Fsp3) is 0.0952. The van der Waals surface area contributed by atoms with Crippen molar-refractivity contribution in [3.05, 3.63) is 241 Å². The highest BCUT2D eigenvalue weighted by atomic mass is 16.5. The van der Waals surface area contributed by atoms with Crippen molar-refractivity contribution in [1.29, 1.82) is 0 Å². The molecule has 0 fully saturated rings. The van der Waals surface area contributed by atoms with Crippen LogP contribution in [0.3, 0.4) is 0 Å². The molecule has 0 unspecified atom stereocenters. The summed E-state index contributed by atoms with van der Waals surface area (Å²) < 4.78 is 25.2. The van der Waals surface area contributed by atoms with Crippen LogP contribution in [0.4, 0.5) is 0 Å². The number of methoxy groups -OCH3 is 4. The molecule has 2 N–H and O–H groups in total. The number of aromatic nitrogens is 4. The maximum atomic E-state index is 6.29. The number of H-pyrrole nitrogens is 2. The van der Waals surface area contributed by atoms with E-state index in [2.05, 4.69) is 256 Å². The third kappa shape index (κ3) is 8.16. The number of rotatable bonds is 8. The molecule has 8 nitrogen and oxygen atoms in total. The number of ether oxygens (including phenoxy) is 4. The van der Waals surface area contributed by atoms with Crippen LogP contribution in [0.2, 0.25) is 0 Å². The quantitative estimate of drug-likeness (QED) is 0.157. The number of fused-ring (bicyclic) bond motifs is 4. The first-order chi connectivity index (χ1) is 45.1. The van der Waals surface area contributed by atoms with Gasteiger partial charge in [-0.15, -0.1) is 0 Å². The van der Waals surface area contributed by atoms with Crippen molar-refractivity contribution in [3.8, 4) is 113 Å². The van der Waals surface area contributed by atoms with E-state index in [9.17, 15) is 0 Å². The highest BCUT2D eigenvalue weighted by molar-refractivity contribution is 6.26. The van der Waals surface area contributed by atoms with E-state index in [1.54, 1.807) is 28.4 Å². The normalized spacial score (nSPS) is 11.9. The minimum absolute atomic E-state index is 0.783. The zero-order valence-corrected chi connectivity index (χ0v) is 52.3. The number of benzene rings is 12. The van der Waals surface area contributed by atoms with E-state index in [1.807, 2.05) is 0 Å². The lowest BCUT2D eigenvalue weighted by Gasteiger charge is -2.13. The van der Waals surface area contributed by atoms with Gasteiger partial charge in [-0.3, -0.25) is 0 Å². The molecular formula is C84H62N4O4. The third-order valence-corrected chi connectivity index (χ3v) is 19.5. The number of hydrogen-bond acceptors (Lipinski definition) is 6. The van der Waals surface area contributed by atoms with Crippen LogP contribution in [0.25, 0.3) is 176 Å². The van der Waals surface area contributed by atoms with Crippen LogP contribution in [0.1, 0.15) is 22.3 Å². The minimum Gasteiger partial charge on any atom is -0.496 e. The molecule has 2 aliphatic heterocycles. The summed E-state index contributed by atoms with van der Waals surface area (Å²) in [5.74, 6) is 3.15. The molecule has 442 valence electrons. The van der Waals surface area contributed by atoms with Crippen molar-refractivity contribution in [2.24, 2.45) is 0 Å². The molecule has 92 heavy (non-hydrogen) atoms. The molecule has 0 atom stereocenters. The van der Waals surface area contributed by atoms with Crippen molar-refractivity contribution in [3.63, 3.8) is 0 Å². The van der Waals surface area contributed by atoms with E-state index >= 15 is 0 Å². The first kappa shape index (κ1) is 54.7. The summed E-state index contributed by atoms with van der Waals surface area (Å²) in [6.07, 6.45) is 0. The summed E-state index contributed by atoms with van der Waals surface area (Å²) in [5.41, 5.74) is 23.1. The lowest BCUT2D eigenvalue weighted by Crippen LogP contribution is -1.91. The van der Waals surface area contributed by atoms with Crippen LogP contribution in [0.15, 0.2) is 218 Å². The predicted molar refractivity (Wildman–Crippen MR) is 382 cm³/mol. The van der Waals surface area contributed by atoms with Gasteiger partial charge in [-0.25, -0.2) is 9.97 Å². The van der Waals surface area contributed by atoms with Gasteiger partial charge in [0.1, 0.15) is 23.0 Å². The van der Waals surface area contributed by atoms with Crippen LogP contribution in [0, 0.1) is 27.7 Å². The minimum atomic E-state index is 0.783. The lowest BCUT2D eigenvalue weighted by atomic mass is 9.90. The van der Waals surface area contributed by atoms with E-state index < -0.39 is 0 Å². The summed E-state index contributed by atoms with van der Waals surface area (Å²) in [6, 6.07) is 78.9. The Morgan fingerprint density at radius 1 is 0.239 bits per heavy atom. The molecule has 0 radical (unpaired) electrons. The van der Waals surface area contributed by atoms with Crippen molar-refractivity contribution in [1.82, 2.24) is 19.9 Å². The van der Waals surface area contributed by atoms with Gasteiger partial charge in [0.2, 0.25) is 0 Å². The topological polar surface area (TPSA) is 94.3 Å². The Balaban J connectivity index is 1.25. The molecule has 2 aromatic heterocycles. The van der Waals surface area contributed by atoms with Crippen LogP contribution in [0.5, 0.6) is 23.0 Å². The van der Waals surface area contributed by atoms with Crippen LogP contribution >= 0.6 is 0 Å². The van der Waals surface area contributed by atoms with E-state index in [1.165, 1.54) is 0 Å². The Morgan fingerprint density at radius 2 is 0.457 bits per heavy atom. The van der Waals surface area contributed by atoms with Crippen LogP contribution < -0.4 is 18.9 Å².